The standard InChI is InChI=1S/C11H13NO3/c1-15-10(13)7-4-8-2-5-9(6-3-8)11(12)14/h2-3,5-6H,4,7H2,1H3,(H2,12,14). The third kappa shape index (κ3) is 3.42. The second-order valence-corrected chi connectivity index (χ2v) is 3.14. The summed E-state index contributed by atoms with van der Waals surface area (Å²) in [5, 5.41) is 0. The lowest BCUT2D eigenvalue weighted by atomic mass is 10.1. The number of primary amides is 1. The summed E-state index contributed by atoms with van der Waals surface area (Å²) in [6.45, 7) is 0. The number of hydrogen-bond acceptors (Lipinski definition) is 3. The third-order valence-corrected chi connectivity index (χ3v) is 2.08. The molecule has 0 aliphatic heterocycles. The molecule has 0 bridgehead atoms. The van der Waals surface area contributed by atoms with Gasteiger partial charge in [-0.3, -0.25) is 9.59 Å². The molecule has 1 aromatic rings. The molecular weight excluding hydrogens is 194 g/mol. The molecule has 0 saturated heterocycles. The van der Waals surface area contributed by atoms with Crippen LogP contribution in [0.3, 0.4) is 0 Å². The number of amides is 1. The van der Waals surface area contributed by atoms with Gasteiger partial charge in [0.2, 0.25) is 5.91 Å². The van der Waals surface area contributed by atoms with Crippen molar-refractivity contribution < 1.29 is 14.3 Å². The average molecular weight is 207 g/mol. The molecule has 0 atom stereocenters. The molecule has 1 rings (SSSR count). The highest BCUT2D eigenvalue weighted by molar-refractivity contribution is 5.92. The van der Waals surface area contributed by atoms with E-state index < -0.39 is 5.91 Å². The number of hydrogen-bond donors (Lipinski definition) is 1. The van der Waals surface area contributed by atoms with Gasteiger partial charge in [0.25, 0.3) is 0 Å². The van der Waals surface area contributed by atoms with E-state index in [4.69, 9.17) is 5.73 Å². The Morgan fingerprint density at radius 1 is 1.27 bits per heavy atom. The van der Waals surface area contributed by atoms with Crippen molar-refractivity contribution in [3.63, 3.8) is 0 Å². The number of benzene rings is 1. The molecule has 0 unspecified atom stereocenters. The van der Waals surface area contributed by atoms with Crippen LogP contribution in [0.2, 0.25) is 0 Å². The Morgan fingerprint density at radius 3 is 2.33 bits per heavy atom. The van der Waals surface area contributed by atoms with Crippen molar-refractivity contribution in [2.45, 2.75) is 12.8 Å². The Hall–Kier alpha value is -1.84. The van der Waals surface area contributed by atoms with Crippen molar-refractivity contribution in [2.24, 2.45) is 5.73 Å². The zero-order chi connectivity index (χ0) is 11.3. The molecule has 4 heteroatoms. The SMILES string of the molecule is COC(=O)CCc1ccc(C(N)=O)cc1. The summed E-state index contributed by atoms with van der Waals surface area (Å²) in [6.07, 6.45) is 0.943. The molecular formula is C11H13NO3. The number of carbonyl (C=O) groups excluding carboxylic acids is 2. The fourth-order valence-corrected chi connectivity index (χ4v) is 1.18. The first-order valence-electron chi connectivity index (χ1n) is 4.59. The lowest BCUT2D eigenvalue weighted by Crippen LogP contribution is -2.10. The van der Waals surface area contributed by atoms with E-state index in [2.05, 4.69) is 4.74 Å². The minimum atomic E-state index is -0.450. The molecule has 1 aromatic carbocycles. The summed E-state index contributed by atoms with van der Waals surface area (Å²) in [7, 11) is 1.36. The number of nitrogens with two attached hydrogens (primary N) is 1. The number of aryl methyl sites for hydroxylation is 1. The van der Waals surface area contributed by atoms with Crippen molar-refractivity contribution >= 4 is 11.9 Å². The summed E-state index contributed by atoms with van der Waals surface area (Å²) in [4.78, 5) is 21.6. The molecule has 0 aliphatic carbocycles. The highest BCUT2D eigenvalue weighted by atomic mass is 16.5. The monoisotopic (exact) mass is 207 g/mol. The molecule has 0 radical (unpaired) electrons. The second-order valence-electron chi connectivity index (χ2n) is 3.14. The molecule has 0 heterocycles. The summed E-state index contributed by atoms with van der Waals surface area (Å²) < 4.78 is 4.52. The topological polar surface area (TPSA) is 69.4 Å². The predicted molar refractivity (Wildman–Crippen MR) is 55.3 cm³/mol. The van der Waals surface area contributed by atoms with Gasteiger partial charge in [-0.15, -0.1) is 0 Å². The number of ether oxygens (including phenoxy) is 1. The van der Waals surface area contributed by atoms with Gasteiger partial charge in [-0.2, -0.15) is 0 Å². The summed E-state index contributed by atoms with van der Waals surface area (Å²) in [5.41, 5.74) is 6.54. The van der Waals surface area contributed by atoms with E-state index in [0.717, 1.165) is 5.56 Å². The van der Waals surface area contributed by atoms with Crippen LogP contribution >= 0.6 is 0 Å². The van der Waals surface area contributed by atoms with Crippen molar-refractivity contribution in [2.75, 3.05) is 7.11 Å². The van der Waals surface area contributed by atoms with E-state index in [0.29, 0.717) is 18.4 Å². The molecule has 0 spiro atoms. The average Bonchev–Trinajstić information content (AvgIpc) is 2.26. The van der Waals surface area contributed by atoms with Crippen LogP contribution in [-0.2, 0) is 16.0 Å². The maximum atomic E-state index is 10.9. The highest BCUT2D eigenvalue weighted by Gasteiger charge is 2.03. The van der Waals surface area contributed by atoms with Crippen LogP contribution in [0.25, 0.3) is 0 Å². The molecule has 2 N–H and O–H groups in total. The van der Waals surface area contributed by atoms with Gasteiger partial charge in [0.15, 0.2) is 0 Å². The number of methoxy groups -OCH3 is 1. The van der Waals surface area contributed by atoms with Gasteiger partial charge >= 0.3 is 5.97 Å². The van der Waals surface area contributed by atoms with Crippen LogP contribution in [-0.4, -0.2) is 19.0 Å². The van der Waals surface area contributed by atoms with E-state index in [-0.39, 0.29) is 5.97 Å². The first-order valence-corrected chi connectivity index (χ1v) is 4.59. The Labute approximate surface area is 88.0 Å². The van der Waals surface area contributed by atoms with E-state index in [9.17, 15) is 9.59 Å². The number of carbonyl (C=O) groups is 2. The summed E-state index contributed by atoms with van der Waals surface area (Å²) in [5.74, 6) is -0.691. The fraction of sp³-hybridized carbons (Fsp3) is 0.273. The molecule has 0 aromatic heterocycles. The molecule has 0 fully saturated rings. The van der Waals surface area contributed by atoms with E-state index in [1.807, 2.05) is 0 Å². The summed E-state index contributed by atoms with van der Waals surface area (Å²) in [6, 6.07) is 6.86. The van der Waals surface area contributed by atoms with Crippen molar-refractivity contribution in [3.05, 3.63) is 35.4 Å². The minimum absolute atomic E-state index is 0.242. The van der Waals surface area contributed by atoms with Gasteiger partial charge in [0.05, 0.1) is 7.11 Å². The fourth-order valence-electron chi connectivity index (χ4n) is 1.18. The third-order valence-electron chi connectivity index (χ3n) is 2.08. The smallest absolute Gasteiger partial charge is 0.305 e. The molecule has 80 valence electrons. The van der Waals surface area contributed by atoms with Crippen LogP contribution in [0.15, 0.2) is 24.3 Å². The molecule has 0 saturated carbocycles. The van der Waals surface area contributed by atoms with Crippen molar-refractivity contribution in [3.8, 4) is 0 Å². The Kier molecular flexibility index (Phi) is 3.85. The molecule has 4 nitrogen and oxygen atoms in total. The number of esters is 1. The first kappa shape index (κ1) is 11.2. The Bertz CT molecular complexity index is 357. The first-order chi connectivity index (χ1) is 7.13. The quantitative estimate of drug-likeness (QED) is 0.745. The van der Waals surface area contributed by atoms with Gasteiger partial charge in [0.1, 0.15) is 0 Å². The largest absolute Gasteiger partial charge is 0.469 e. The molecule has 0 aliphatic rings. The number of rotatable bonds is 4. The van der Waals surface area contributed by atoms with Crippen LogP contribution in [0.1, 0.15) is 22.3 Å². The Balaban J connectivity index is 2.57. The summed E-state index contributed by atoms with van der Waals surface area (Å²) >= 11 is 0. The highest BCUT2D eigenvalue weighted by Crippen LogP contribution is 2.06. The van der Waals surface area contributed by atoms with Gasteiger partial charge in [-0.05, 0) is 24.1 Å². The van der Waals surface area contributed by atoms with Crippen LogP contribution in [0.4, 0.5) is 0 Å². The van der Waals surface area contributed by atoms with Gasteiger partial charge < -0.3 is 10.5 Å². The Morgan fingerprint density at radius 2 is 1.87 bits per heavy atom. The molecule has 15 heavy (non-hydrogen) atoms. The lowest BCUT2D eigenvalue weighted by molar-refractivity contribution is -0.140. The van der Waals surface area contributed by atoms with E-state index >= 15 is 0 Å². The second kappa shape index (κ2) is 5.14. The van der Waals surface area contributed by atoms with E-state index in [1.165, 1.54) is 7.11 Å². The normalized spacial score (nSPS) is 9.67. The maximum Gasteiger partial charge on any atom is 0.305 e. The van der Waals surface area contributed by atoms with Gasteiger partial charge in [-0.1, -0.05) is 12.1 Å². The van der Waals surface area contributed by atoms with Crippen LogP contribution in [0.5, 0.6) is 0 Å². The predicted octanol–water partition coefficient (Wildman–Crippen LogP) is 0.891. The minimum Gasteiger partial charge on any atom is -0.469 e. The van der Waals surface area contributed by atoms with Crippen LogP contribution in [0, 0.1) is 0 Å². The zero-order valence-corrected chi connectivity index (χ0v) is 8.53. The van der Waals surface area contributed by atoms with Gasteiger partial charge in [0, 0.05) is 12.0 Å². The van der Waals surface area contributed by atoms with Crippen LogP contribution < -0.4 is 5.73 Å². The maximum absolute atomic E-state index is 10.9. The van der Waals surface area contributed by atoms with Crippen molar-refractivity contribution in [1.29, 1.82) is 0 Å². The molecule has 1 amide bonds. The zero-order valence-electron chi connectivity index (χ0n) is 8.53. The van der Waals surface area contributed by atoms with Gasteiger partial charge in [-0.25, -0.2) is 0 Å². The lowest BCUT2D eigenvalue weighted by Gasteiger charge is -2.01. The van der Waals surface area contributed by atoms with E-state index in [1.54, 1.807) is 24.3 Å². The van der Waals surface area contributed by atoms with Crippen molar-refractivity contribution in [1.82, 2.24) is 0 Å².